The molecule has 2 aliphatic heterocycles. The average Bonchev–Trinajstić information content (AvgIpc) is 2.64. The van der Waals surface area contributed by atoms with Gasteiger partial charge in [-0.05, 0) is 49.3 Å². The number of rotatable bonds is 3. The van der Waals surface area contributed by atoms with Gasteiger partial charge in [0.15, 0.2) is 5.96 Å². The number of ether oxygens (including phenoxy) is 1. The van der Waals surface area contributed by atoms with E-state index in [0.29, 0.717) is 0 Å². The van der Waals surface area contributed by atoms with Crippen molar-refractivity contribution in [2.75, 3.05) is 39.9 Å². The molecule has 1 N–H and O–H groups in total. The summed E-state index contributed by atoms with van der Waals surface area (Å²) in [5.74, 6) is 1.85. The maximum absolute atomic E-state index is 6.27. The van der Waals surface area contributed by atoms with E-state index in [1.54, 1.807) is 0 Å². The molecule has 1 aromatic carbocycles. The summed E-state index contributed by atoms with van der Waals surface area (Å²) in [6, 6.07) is 8.30. The van der Waals surface area contributed by atoms with Crippen molar-refractivity contribution in [3.63, 3.8) is 0 Å². The molecule has 2 saturated heterocycles. The molecule has 25 heavy (non-hydrogen) atoms. The number of nitrogens with zero attached hydrogens (tertiary/aromatic N) is 2. The highest BCUT2D eigenvalue weighted by molar-refractivity contribution is 6.30. The number of nitrogens with one attached hydrogen (secondary N) is 1. The molecule has 2 fully saturated rings. The molecule has 138 valence electrons. The summed E-state index contributed by atoms with van der Waals surface area (Å²) in [6.07, 6.45) is 4.50. The lowest BCUT2D eigenvalue weighted by atomic mass is 9.74. The Morgan fingerprint density at radius 1 is 1.32 bits per heavy atom. The van der Waals surface area contributed by atoms with Crippen molar-refractivity contribution >= 4 is 17.6 Å². The molecular weight excluding hydrogens is 334 g/mol. The summed E-state index contributed by atoms with van der Waals surface area (Å²) in [5, 5.41) is 4.46. The van der Waals surface area contributed by atoms with Crippen LogP contribution in [-0.2, 0) is 10.2 Å². The van der Waals surface area contributed by atoms with Gasteiger partial charge in [0.05, 0.1) is 0 Å². The van der Waals surface area contributed by atoms with Crippen LogP contribution in [0, 0.1) is 5.92 Å². The van der Waals surface area contributed by atoms with Crippen molar-refractivity contribution in [1.82, 2.24) is 10.2 Å². The Kier molecular flexibility index (Phi) is 6.24. The molecule has 0 aliphatic carbocycles. The van der Waals surface area contributed by atoms with Gasteiger partial charge in [-0.25, -0.2) is 0 Å². The predicted molar refractivity (Wildman–Crippen MR) is 105 cm³/mol. The van der Waals surface area contributed by atoms with Crippen molar-refractivity contribution in [2.24, 2.45) is 10.9 Å². The van der Waals surface area contributed by atoms with E-state index >= 15 is 0 Å². The van der Waals surface area contributed by atoms with Crippen LogP contribution >= 0.6 is 11.6 Å². The highest BCUT2D eigenvalue weighted by atomic mass is 35.5. The third-order valence-corrected chi connectivity index (χ3v) is 6.00. The highest BCUT2D eigenvalue weighted by Gasteiger charge is 2.35. The molecule has 3 rings (SSSR count). The van der Waals surface area contributed by atoms with Crippen LogP contribution in [-0.4, -0.2) is 50.8 Å². The topological polar surface area (TPSA) is 36.9 Å². The van der Waals surface area contributed by atoms with Crippen molar-refractivity contribution in [2.45, 2.75) is 38.0 Å². The molecule has 0 bridgehead atoms. The summed E-state index contributed by atoms with van der Waals surface area (Å²) >= 11 is 6.27. The molecule has 0 amide bonds. The van der Waals surface area contributed by atoms with Gasteiger partial charge in [0.2, 0.25) is 0 Å². The zero-order valence-electron chi connectivity index (χ0n) is 15.4. The van der Waals surface area contributed by atoms with E-state index < -0.39 is 0 Å². The molecule has 5 heteroatoms. The van der Waals surface area contributed by atoms with Gasteiger partial charge in [0.1, 0.15) is 0 Å². The smallest absolute Gasteiger partial charge is 0.193 e. The van der Waals surface area contributed by atoms with Gasteiger partial charge in [-0.15, -0.1) is 0 Å². The second kappa shape index (κ2) is 8.41. The van der Waals surface area contributed by atoms with Crippen molar-refractivity contribution in [1.29, 1.82) is 0 Å². The molecule has 0 unspecified atom stereocenters. The molecule has 0 saturated carbocycles. The van der Waals surface area contributed by atoms with Gasteiger partial charge >= 0.3 is 0 Å². The minimum atomic E-state index is 0.0577. The Hall–Kier alpha value is -1.26. The van der Waals surface area contributed by atoms with E-state index in [0.717, 1.165) is 62.6 Å². The first kappa shape index (κ1) is 18.5. The molecule has 0 atom stereocenters. The SMILES string of the molecule is CN=C(NCC1(c2cccc(Cl)c2)CCOCC1)N1CCC(C)CC1. The minimum absolute atomic E-state index is 0.0577. The van der Waals surface area contributed by atoms with Crippen LogP contribution in [0.15, 0.2) is 29.3 Å². The van der Waals surface area contributed by atoms with Crippen LogP contribution < -0.4 is 5.32 Å². The summed E-state index contributed by atoms with van der Waals surface area (Å²) in [6.45, 7) is 6.99. The lowest BCUT2D eigenvalue weighted by molar-refractivity contribution is 0.0511. The number of hydrogen-bond donors (Lipinski definition) is 1. The monoisotopic (exact) mass is 363 g/mol. The standard InChI is InChI=1S/C20H30ClN3O/c1-16-6-10-24(11-7-16)19(22-2)23-15-20(8-12-25-13-9-20)17-4-3-5-18(21)14-17/h3-5,14,16H,6-13,15H2,1-2H3,(H,22,23). The number of hydrogen-bond acceptors (Lipinski definition) is 2. The van der Waals surface area contributed by atoms with E-state index in [1.807, 2.05) is 13.1 Å². The van der Waals surface area contributed by atoms with Crippen molar-refractivity contribution in [3.05, 3.63) is 34.9 Å². The van der Waals surface area contributed by atoms with Crippen molar-refractivity contribution in [3.8, 4) is 0 Å². The lowest BCUT2D eigenvalue weighted by Gasteiger charge is -2.40. The van der Waals surface area contributed by atoms with E-state index in [9.17, 15) is 0 Å². The molecule has 0 aromatic heterocycles. The van der Waals surface area contributed by atoms with Crippen LogP contribution in [0.25, 0.3) is 0 Å². The van der Waals surface area contributed by atoms with Crippen LogP contribution in [0.1, 0.15) is 38.2 Å². The first-order valence-electron chi connectivity index (χ1n) is 9.42. The molecule has 0 radical (unpaired) electrons. The molecule has 4 nitrogen and oxygen atoms in total. The Morgan fingerprint density at radius 2 is 2.04 bits per heavy atom. The Morgan fingerprint density at radius 3 is 2.68 bits per heavy atom. The zero-order valence-corrected chi connectivity index (χ0v) is 16.2. The molecule has 0 spiro atoms. The summed E-state index contributed by atoms with van der Waals surface area (Å²) in [4.78, 5) is 6.93. The van der Waals surface area contributed by atoms with Gasteiger partial charge in [-0.2, -0.15) is 0 Å². The van der Waals surface area contributed by atoms with Crippen LogP contribution in [0.5, 0.6) is 0 Å². The fourth-order valence-electron chi connectivity index (χ4n) is 3.95. The van der Waals surface area contributed by atoms with E-state index in [-0.39, 0.29) is 5.41 Å². The number of piperidine rings is 1. The third-order valence-electron chi connectivity index (χ3n) is 5.77. The Bertz CT molecular complexity index is 590. The highest BCUT2D eigenvalue weighted by Crippen LogP contribution is 2.35. The number of halogens is 1. The van der Waals surface area contributed by atoms with Crippen molar-refractivity contribution < 1.29 is 4.74 Å². The minimum Gasteiger partial charge on any atom is -0.381 e. The molecule has 1 aromatic rings. The molecule has 2 aliphatic rings. The normalized spacial score (nSPS) is 22.0. The third kappa shape index (κ3) is 4.48. The Labute approximate surface area is 156 Å². The second-order valence-corrected chi connectivity index (χ2v) is 7.91. The molecular formula is C20H30ClN3O. The second-order valence-electron chi connectivity index (χ2n) is 7.47. The largest absolute Gasteiger partial charge is 0.381 e. The van der Waals surface area contributed by atoms with Crippen LogP contribution in [0.2, 0.25) is 5.02 Å². The van der Waals surface area contributed by atoms with Gasteiger partial charge in [0.25, 0.3) is 0 Å². The van der Waals surface area contributed by atoms with Crippen LogP contribution in [0.3, 0.4) is 0 Å². The summed E-state index contributed by atoms with van der Waals surface area (Å²) in [5.41, 5.74) is 1.36. The van der Waals surface area contributed by atoms with E-state index in [4.69, 9.17) is 16.3 Å². The first-order valence-corrected chi connectivity index (χ1v) is 9.80. The van der Waals surface area contributed by atoms with Gasteiger partial charge in [-0.3, -0.25) is 4.99 Å². The van der Waals surface area contributed by atoms with Gasteiger partial charge in [-0.1, -0.05) is 30.7 Å². The van der Waals surface area contributed by atoms with Crippen LogP contribution in [0.4, 0.5) is 0 Å². The van der Waals surface area contributed by atoms with E-state index in [1.165, 1.54) is 18.4 Å². The van der Waals surface area contributed by atoms with Gasteiger partial charge in [0, 0.05) is 50.3 Å². The quantitative estimate of drug-likeness (QED) is 0.657. The predicted octanol–water partition coefficient (Wildman–Crippen LogP) is 3.70. The van der Waals surface area contributed by atoms with Gasteiger partial charge < -0.3 is 15.0 Å². The Balaban J connectivity index is 1.72. The maximum atomic E-state index is 6.27. The summed E-state index contributed by atoms with van der Waals surface area (Å²) < 4.78 is 5.64. The number of benzene rings is 1. The average molecular weight is 364 g/mol. The fraction of sp³-hybridized carbons (Fsp3) is 0.650. The lowest BCUT2D eigenvalue weighted by Crippen LogP contribution is -2.51. The fourth-order valence-corrected chi connectivity index (χ4v) is 4.14. The first-order chi connectivity index (χ1) is 12.1. The molecule has 2 heterocycles. The number of likely N-dealkylation sites (tertiary alicyclic amines) is 1. The number of aliphatic imine (C=N–C) groups is 1. The maximum Gasteiger partial charge on any atom is 0.193 e. The zero-order chi connectivity index (χ0) is 17.7. The van der Waals surface area contributed by atoms with E-state index in [2.05, 4.69) is 40.3 Å². The number of guanidine groups is 1. The summed E-state index contributed by atoms with van der Waals surface area (Å²) in [7, 11) is 1.89.